The zero-order valence-corrected chi connectivity index (χ0v) is 14.2. The molecular formula is C18H20ClFN2O2. The third-order valence-corrected chi connectivity index (χ3v) is 4.26. The highest BCUT2D eigenvalue weighted by molar-refractivity contribution is 6.30. The van der Waals surface area contributed by atoms with Crippen molar-refractivity contribution in [2.75, 3.05) is 13.1 Å². The van der Waals surface area contributed by atoms with E-state index in [1.54, 1.807) is 6.07 Å². The van der Waals surface area contributed by atoms with Gasteiger partial charge in [0.25, 0.3) is 0 Å². The molecular weight excluding hydrogens is 331 g/mol. The lowest BCUT2D eigenvalue weighted by Crippen LogP contribution is -2.41. The van der Waals surface area contributed by atoms with Gasteiger partial charge in [-0.15, -0.1) is 0 Å². The van der Waals surface area contributed by atoms with Crippen molar-refractivity contribution >= 4 is 11.6 Å². The molecule has 6 heteroatoms. The van der Waals surface area contributed by atoms with Gasteiger partial charge < -0.3 is 14.8 Å². The first-order valence-corrected chi connectivity index (χ1v) is 8.41. The smallest absolute Gasteiger partial charge is 0.213 e. The summed E-state index contributed by atoms with van der Waals surface area (Å²) in [6, 6.07) is 9.85. The number of pyridine rings is 1. The number of nitrogens with one attached hydrogen (secondary N) is 1. The quantitative estimate of drug-likeness (QED) is 0.890. The molecule has 0 spiro atoms. The number of rotatable bonds is 5. The molecule has 128 valence electrons. The van der Waals surface area contributed by atoms with Gasteiger partial charge in [-0.3, -0.25) is 0 Å². The second-order valence-corrected chi connectivity index (χ2v) is 6.39. The summed E-state index contributed by atoms with van der Waals surface area (Å²) in [5.74, 6) is 0.674. The molecule has 0 bridgehead atoms. The van der Waals surface area contributed by atoms with Gasteiger partial charge in [0, 0.05) is 23.6 Å². The number of aromatic nitrogens is 1. The molecule has 2 atom stereocenters. The van der Waals surface area contributed by atoms with E-state index in [0.29, 0.717) is 22.5 Å². The lowest BCUT2D eigenvalue weighted by Gasteiger charge is -2.29. The Morgan fingerprint density at radius 2 is 2.21 bits per heavy atom. The summed E-state index contributed by atoms with van der Waals surface area (Å²) in [4.78, 5) is 4.45. The van der Waals surface area contributed by atoms with Gasteiger partial charge in [-0.2, -0.15) is 0 Å². The molecule has 0 saturated carbocycles. The first-order valence-electron chi connectivity index (χ1n) is 8.03. The number of halogens is 2. The molecule has 0 amide bonds. The van der Waals surface area contributed by atoms with Crippen molar-refractivity contribution in [1.82, 2.24) is 10.3 Å². The Morgan fingerprint density at radius 1 is 1.33 bits per heavy atom. The van der Waals surface area contributed by atoms with Gasteiger partial charge >= 0.3 is 0 Å². The van der Waals surface area contributed by atoms with Gasteiger partial charge in [-0.25, -0.2) is 9.37 Å². The van der Waals surface area contributed by atoms with E-state index in [1.807, 2.05) is 18.2 Å². The van der Waals surface area contributed by atoms with Crippen molar-refractivity contribution in [3.05, 3.63) is 52.9 Å². The van der Waals surface area contributed by atoms with Gasteiger partial charge in [-0.1, -0.05) is 24.6 Å². The Bertz CT molecular complexity index is 698. The maximum absolute atomic E-state index is 13.7. The van der Waals surface area contributed by atoms with E-state index in [0.717, 1.165) is 19.5 Å². The summed E-state index contributed by atoms with van der Waals surface area (Å²) in [6.45, 7) is 4.22. The Hall–Kier alpha value is -1.85. The topological polar surface area (TPSA) is 43.4 Å². The van der Waals surface area contributed by atoms with E-state index in [9.17, 15) is 4.39 Å². The molecule has 4 nitrogen and oxygen atoms in total. The Kier molecular flexibility index (Phi) is 5.53. The highest BCUT2D eigenvalue weighted by Crippen LogP contribution is 2.23. The van der Waals surface area contributed by atoms with Crippen molar-refractivity contribution in [1.29, 1.82) is 0 Å². The normalized spacial score (nSPS) is 20.6. The summed E-state index contributed by atoms with van der Waals surface area (Å²) in [5, 5.41) is 3.68. The van der Waals surface area contributed by atoms with Gasteiger partial charge in [0.1, 0.15) is 12.7 Å². The van der Waals surface area contributed by atoms with Gasteiger partial charge in [-0.05, 0) is 37.2 Å². The number of nitrogens with zero attached hydrogens (tertiary/aromatic N) is 1. The maximum Gasteiger partial charge on any atom is 0.213 e. The Labute approximate surface area is 146 Å². The molecule has 1 N–H and O–H groups in total. The van der Waals surface area contributed by atoms with Crippen LogP contribution >= 0.6 is 11.6 Å². The van der Waals surface area contributed by atoms with Crippen LogP contribution in [0.4, 0.5) is 4.39 Å². The standard InChI is InChI=1S/C18H20ClFN2O2/c1-12-10-21-8-7-16(12)24-18-4-2-3-14(22-18)11-23-17-6-5-13(19)9-15(17)20/h2-6,9,12,16,21H,7-8,10-11H2,1H3. The van der Waals surface area contributed by atoms with Crippen molar-refractivity contribution in [3.8, 4) is 11.6 Å². The summed E-state index contributed by atoms with van der Waals surface area (Å²) in [5.41, 5.74) is 0.684. The average molecular weight is 351 g/mol. The first-order chi connectivity index (χ1) is 11.6. The second-order valence-electron chi connectivity index (χ2n) is 5.96. The Balaban J connectivity index is 1.62. The molecule has 1 saturated heterocycles. The third kappa shape index (κ3) is 4.36. The molecule has 1 fully saturated rings. The fourth-order valence-electron chi connectivity index (χ4n) is 2.67. The van der Waals surface area contributed by atoms with Gasteiger partial charge in [0.2, 0.25) is 5.88 Å². The molecule has 1 aliphatic rings. The van der Waals surface area contributed by atoms with Gasteiger partial charge in [0.05, 0.1) is 5.69 Å². The minimum absolute atomic E-state index is 0.152. The molecule has 24 heavy (non-hydrogen) atoms. The predicted molar refractivity (Wildman–Crippen MR) is 91.0 cm³/mol. The summed E-state index contributed by atoms with van der Waals surface area (Å²) in [7, 11) is 0. The number of ether oxygens (including phenoxy) is 2. The van der Waals surface area contributed by atoms with Crippen LogP contribution in [0.25, 0.3) is 0 Å². The van der Waals surface area contributed by atoms with Gasteiger partial charge in [0.15, 0.2) is 11.6 Å². The zero-order valence-electron chi connectivity index (χ0n) is 13.5. The van der Waals surface area contributed by atoms with Crippen LogP contribution in [0.1, 0.15) is 19.0 Å². The highest BCUT2D eigenvalue weighted by Gasteiger charge is 2.23. The summed E-state index contributed by atoms with van der Waals surface area (Å²) >= 11 is 5.73. The molecule has 1 aromatic heterocycles. The molecule has 0 aliphatic carbocycles. The van der Waals surface area contributed by atoms with E-state index < -0.39 is 5.82 Å². The van der Waals surface area contributed by atoms with E-state index in [-0.39, 0.29) is 18.5 Å². The molecule has 2 unspecified atom stereocenters. The first kappa shape index (κ1) is 17.0. The monoisotopic (exact) mass is 350 g/mol. The van der Waals surface area contributed by atoms with E-state index >= 15 is 0 Å². The molecule has 2 heterocycles. The summed E-state index contributed by atoms with van der Waals surface area (Å²) < 4.78 is 25.2. The van der Waals surface area contributed by atoms with Crippen LogP contribution in [-0.2, 0) is 6.61 Å². The molecule has 1 aromatic carbocycles. The fourth-order valence-corrected chi connectivity index (χ4v) is 2.83. The SMILES string of the molecule is CC1CNCCC1Oc1cccc(COc2ccc(Cl)cc2F)n1. The number of hydrogen-bond donors (Lipinski definition) is 1. The van der Waals surface area contributed by atoms with Crippen LogP contribution < -0.4 is 14.8 Å². The molecule has 0 radical (unpaired) electrons. The minimum Gasteiger partial charge on any atom is -0.484 e. The lowest BCUT2D eigenvalue weighted by molar-refractivity contribution is 0.106. The largest absolute Gasteiger partial charge is 0.484 e. The van der Waals surface area contributed by atoms with Crippen LogP contribution in [0.2, 0.25) is 5.02 Å². The Morgan fingerprint density at radius 3 is 3.00 bits per heavy atom. The predicted octanol–water partition coefficient (Wildman–Crippen LogP) is 3.83. The van der Waals surface area contributed by atoms with Crippen LogP contribution in [0.5, 0.6) is 11.6 Å². The average Bonchev–Trinajstić information content (AvgIpc) is 2.57. The molecule has 2 aromatic rings. The third-order valence-electron chi connectivity index (χ3n) is 4.03. The van der Waals surface area contributed by atoms with Crippen molar-refractivity contribution in [3.63, 3.8) is 0 Å². The van der Waals surface area contributed by atoms with E-state index in [4.69, 9.17) is 21.1 Å². The zero-order chi connectivity index (χ0) is 16.9. The van der Waals surface area contributed by atoms with Crippen molar-refractivity contribution in [2.24, 2.45) is 5.92 Å². The summed E-state index contributed by atoms with van der Waals surface area (Å²) in [6.07, 6.45) is 1.11. The number of piperidine rings is 1. The second kappa shape index (κ2) is 7.81. The highest BCUT2D eigenvalue weighted by atomic mass is 35.5. The molecule has 1 aliphatic heterocycles. The van der Waals surface area contributed by atoms with E-state index in [1.165, 1.54) is 12.1 Å². The van der Waals surface area contributed by atoms with E-state index in [2.05, 4.69) is 17.2 Å². The van der Waals surface area contributed by atoms with Crippen LogP contribution in [0.15, 0.2) is 36.4 Å². The van der Waals surface area contributed by atoms with Crippen LogP contribution in [0, 0.1) is 11.7 Å². The number of hydrogen-bond acceptors (Lipinski definition) is 4. The lowest BCUT2D eigenvalue weighted by atomic mass is 9.98. The molecule has 3 rings (SSSR count). The number of benzene rings is 1. The van der Waals surface area contributed by atoms with Crippen LogP contribution in [0.3, 0.4) is 0 Å². The maximum atomic E-state index is 13.7. The fraction of sp³-hybridized carbons (Fsp3) is 0.389. The van der Waals surface area contributed by atoms with Crippen molar-refractivity contribution in [2.45, 2.75) is 26.1 Å². The minimum atomic E-state index is -0.488. The van der Waals surface area contributed by atoms with Crippen molar-refractivity contribution < 1.29 is 13.9 Å². The van der Waals surface area contributed by atoms with Crippen LogP contribution in [-0.4, -0.2) is 24.2 Å².